The zero-order chi connectivity index (χ0) is 55.2. The molecule has 0 spiro atoms. The van der Waals surface area contributed by atoms with Gasteiger partial charge in [0, 0.05) is 11.8 Å². The van der Waals surface area contributed by atoms with E-state index in [0.717, 1.165) is 45.9 Å². The van der Waals surface area contributed by atoms with Gasteiger partial charge in [-0.1, -0.05) is 65.0 Å². The zero-order valence-corrected chi connectivity index (χ0v) is 40.2. The van der Waals surface area contributed by atoms with E-state index in [2.05, 4.69) is 106 Å². The fourth-order valence-electron chi connectivity index (χ4n) is 8.92. The summed E-state index contributed by atoms with van der Waals surface area (Å²) in [5, 5.41) is 5.27. The Morgan fingerprint density at radius 3 is 2.00 bits per heavy atom. The summed E-state index contributed by atoms with van der Waals surface area (Å²) in [5.41, 5.74) is 7.61. The standard InChI is InChI=1S/C59H49BN6O.Pt/c1-41(2)39-60-65(57-35-45(33-34-61-57)59(3,4)5)55-37-48(31-32-51(55)56-38-52(62-66(56)60)44-23-13-8-14-24-44)67-47-26-17-25-46(36-47)63-40-64(54-30-16-15-29-53(54)63)58-49(42-19-9-6-10-20-42)27-18-28-50(58)43-21-11-7-12-22-43;/h6-35,38,41H,39H2,1-5H3;/q-2;/i6D,7D,9D,10D,11D,12D,19D,20D,21D,22D;. The van der Waals surface area contributed by atoms with Crippen LogP contribution >= 0.6 is 0 Å². The molecule has 0 fully saturated rings. The molecule has 336 valence electrons. The normalized spacial score (nSPS) is 14.5. The van der Waals surface area contributed by atoms with Gasteiger partial charge in [0.1, 0.15) is 0 Å². The summed E-state index contributed by atoms with van der Waals surface area (Å²) in [6, 6.07) is 40.2. The topological polar surface area (TPSA) is 53.0 Å². The van der Waals surface area contributed by atoms with Crippen molar-refractivity contribution >= 4 is 29.5 Å². The van der Waals surface area contributed by atoms with Gasteiger partial charge >= 0.3 is 315 Å². The van der Waals surface area contributed by atoms with Gasteiger partial charge in [-0.3, -0.25) is 0 Å². The van der Waals surface area contributed by atoms with E-state index in [4.69, 9.17) is 28.5 Å². The number of benzene rings is 7. The summed E-state index contributed by atoms with van der Waals surface area (Å²) in [6.07, 6.45) is 2.61. The summed E-state index contributed by atoms with van der Waals surface area (Å²) in [7, 11) is 0. The summed E-state index contributed by atoms with van der Waals surface area (Å²) in [5.74, 6) is 1.83. The minimum atomic E-state index is -0.568. The van der Waals surface area contributed by atoms with Crippen molar-refractivity contribution in [3.63, 3.8) is 0 Å². The molecule has 11 rings (SSSR count). The number of para-hydroxylation sites is 3. The van der Waals surface area contributed by atoms with Crippen LogP contribution in [0.15, 0.2) is 188 Å². The van der Waals surface area contributed by atoms with Crippen LogP contribution in [0.25, 0.3) is 67.2 Å². The average molecular weight is 1070 g/mol. The molecule has 10 aromatic rings. The third kappa shape index (κ3) is 7.97. The van der Waals surface area contributed by atoms with Gasteiger partial charge in [-0.05, 0) is 23.0 Å². The SMILES string of the molecule is [2H]c1c([2H])c([2H])c(-c2cccc(-c3c([2H])c([2H])c([2H])c([2H])c3[2H])c2-n2[c](=[Pt])n(-c3[c-]c(Oc4[c-]c5c(cc4)-c4cc(-c6ccccc6)nn4B(CC(C)C)N5c4cc(C(C)(C)C)ccn4)ccc3)c3ccccc32)c([2H])c1[2H]. The third-order valence-electron chi connectivity index (χ3n) is 12.1. The molecule has 0 aliphatic carbocycles. The number of pyridine rings is 1. The summed E-state index contributed by atoms with van der Waals surface area (Å²) >= 11 is 2.15. The molecule has 9 heteroatoms. The van der Waals surface area contributed by atoms with Crippen LogP contribution in [0.1, 0.15) is 53.9 Å². The van der Waals surface area contributed by atoms with Gasteiger partial charge in [-0.15, -0.1) is 0 Å². The number of rotatable bonds is 10. The maximum absolute atomic E-state index is 9.12. The first-order valence-electron chi connectivity index (χ1n) is 27.4. The number of ether oxygens (including phenoxy) is 1. The molecule has 68 heavy (non-hydrogen) atoms. The van der Waals surface area contributed by atoms with Crippen molar-refractivity contribution in [1.82, 2.24) is 23.8 Å². The van der Waals surface area contributed by atoms with E-state index in [1.54, 1.807) is 18.2 Å². The molecule has 4 heterocycles. The predicted octanol–water partition coefficient (Wildman–Crippen LogP) is 14.6. The first kappa shape index (κ1) is 33.2. The molecule has 1 aliphatic rings. The van der Waals surface area contributed by atoms with Crippen LogP contribution in [0.3, 0.4) is 0 Å². The van der Waals surface area contributed by atoms with Crippen LogP contribution in [-0.4, -0.2) is 30.8 Å². The van der Waals surface area contributed by atoms with Crippen LogP contribution in [0.2, 0.25) is 6.32 Å². The number of anilines is 2. The van der Waals surface area contributed by atoms with E-state index >= 15 is 0 Å². The molecule has 7 nitrogen and oxygen atoms in total. The minimum absolute atomic E-state index is 0.123. The molecular weight excluding hydrogens is 1010 g/mol. The molecule has 1 aliphatic heterocycles. The number of hydrogen-bond acceptors (Lipinski definition) is 4. The second-order valence-corrected chi connectivity index (χ2v) is 19.1. The zero-order valence-electron chi connectivity index (χ0n) is 47.9. The Morgan fingerprint density at radius 1 is 0.676 bits per heavy atom. The fourth-order valence-corrected chi connectivity index (χ4v) is 9.99. The van der Waals surface area contributed by atoms with Crippen LogP contribution in [0.5, 0.6) is 11.5 Å². The summed E-state index contributed by atoms with van der Waals surface area (Å²) < 4.78 is 101. The maximum atomic E-state index is 9.12. The molecule has 0 amide bonds. The van der Waals surface area contributed by atoms with E-state index in [0.29, 0.717) is 32.0 Å². The van der Waals surface area contributed by atoms with Gasteiger partial charge < -0.3 is 0 Å². The van der Waals surface area contributed by atoms with Gasteiger partial charge in [0.2, 0.25) is 0 Å². The van der Waals surface area contributed by atoms with Crippen molar-refractivity contribution < 1.29 is 37.8 Å². The fraction of sp³-hybridized carbons (Fsp3) is 0.136. The van der Waals surface area contributed by atoms with Crippen molar-refractivity contribution in [2.75, 3.05) is 4.81 Å². The molecule has 7 aromatic carbocycles. The Hall–Kier alpha value is -7.28. The number of hydrogen-bond donors (Lipinski definition) is 0. The van der Waals surface area contributed by atoms with Gasteiger partial charge in [-0.25, -0.2) is 0 Å². The van der Waals surface area contributed by atoms with Crippen molar-refractivity contribution in [3.05, 3.63) is 209 Å². The number of fused-ring (bicyclic) bond motifs is 4. The Kier molecular flexibility index (Phi) is 8.68. The summed E-state index contributed by atoms with van der Waals surface area (Å²) in [4.78, 5) is 7.22. The molecule has 0 saturated carbocycles. The second-order valence-electron chi connectivity index (χ2n) is 18.0. The molecule has 0 saturated heterocycles. The van der Waals surface area contributed by atoms with Gasteiger partial charge in [0.15, 0.2) is 0 Å². The Labute approximate surface area is 423 Å². The summed E-state index contributed by atoms with van der Waals surface area (Å²) in [6.45, 7) is 10.7. The monoisotopic (exact) mass is 1070 g/mol. The number of aromatic nitrogens is 5. The van der Waals surface area contributed by atoms with Gasteiger partial charge in [0.05, 0.1) is 5.69 Å². The third-order valence-corrected chi connectivity index (χ3v) is 13.1. The van der Waals surface area contributed by atoms with E-state index in [1.165, 1.54) is 0 Å². The Morgan fingerprint density at radius 2 is 1.32 bits per heavy atom. The predicted molar refractivity (Wildman–Crippen MR) is 273 cm³/mol. The number of nitrogens with zero attached hydrogens (tertiary/aromatic N) is 6. The molecule has 0 N–H and O–H groups in total. The van der Waals surface area contributed by atoms with E-state index < -0.39 is 60.4 Å². The van der Waals surface area contributed by atoms with E-state index in [9.17, 15) is 0 Å². The van der Waals surface area contributed by atoms with Crippen LogP contribution < -0.4 is 9.55 Å². The van der Waals surface area contributed by atoms with E-state index in [-0.39, 0.29) is 46.3 Å². The molecule has 0 unspecified atom stereocenters. The van der Waals surface area contributed by atoms with Crippen LogP contribution in [-0.2, 0) is 24.8 Å². The van der Waals surface area contributed by atoms with Crippen molar-refractivity contribution in [2.24, 2.45) is 5.92 Å². The molecule has 3 aromatic heterocycles. The van der Waals surface area contributed by atoms with Crippen molar-refractivity contribution in [1.29, 1.82) is 0 Å². The Balaban J connectivity index is 1.08. The van der Waals surface area contributed by atoms with E-state index in [1.807, 2.05) is 88.1 Å². The number of imidazole rings is 1. The van der Waals surface area contributed by atoms with Gasteiger partial charge in [0.25, 0.3) is 0 Å². The Bertz CT molecular complexity index is 3990. The first-order chi connectivity index (χ1) is 37.2. The second kappa shape index (κ2) is 17.7. The molecule has 0 bridgehead atoms. The van der Waals surface area contributed by atoms with Crippen LogP contribution in [0.4, 0.5) is 11.5 Å². The van der Waals surface area contributed by atoms with Crippen molar-refractivity contribution in [2.45, 2.75) is 46.4 Å². The van der Waals surface area contributed by atoms with Gasteiger partial charge in [-0.2, -0.15) is 5.10 Å². The van der Waals surface area contributed by atoms with Crippen molar-refractivity contribution in [3.8, 4) is 67.6 Å². The average Bonchev–Trinajstić information content (AvgIpc) is 4.19. The van der Waals surface area contributed by atoms with Crippen LogP contribution in [0, 0.1) is 21.9 Å². The molecule has 0 radical (unpaired) electrons. The first-order valence-corrected chi connectivity index (χ1v) is 23.5. The molecule has 0 atom stereocenters. The quantitative estimate of drug-likeness (QED) is 0.101. The molecular formula is C59H49BN6OPt-2.